The van der Waals surface area contributed by atoms with Gasteiger partial charge in [-0.25, -0.2) is 4.68 Å². The number of furan rings is 1. The van der Waals surface area contributed by atoms with Crippen molar-refractivity contribution in [3.63, 3.8) is 0 Å². The molecule has 2 heterocycles. The standard InChI is InChI=1S/C28H30N6O3/c1-19-10-12-21(13-11-19)26(27(35)30-22-7-4-3-5-8-22)34(28(36)25-9-6-16-37-25)23-14-15-24(20(2)17-23)33-18-29-31-32-33/h6,9-18,22,26H,3-5,7-8H2,1-2H3,(H,30,35)/t26-/m0/s1. The predicted octanol–water partition coefficient (Wildman–Crippen LogP) is 4.71. The van der Waals surface area contributed by atoms with Crippen molar-refractivity contribution in [3.05, 3.63) is 89.6 Å². The second kappa shape index (κ2) is 10.8. The Morgan fingerprint density at radius 3 is 2.49 bits per heavy atom. The van der Waals surface area contributed by atoms with Gasteiger partial charge in [0.1, 0.15) is 12.4 Å². The Bertz CT molecular complexity index is 1340. The molecule has 5 rings (SSSR count). The number of aryl methyl sites for hydroxylation is 2. The number of tetrazole rings is 1. The number of benzene rings is 2. The van der Waals surface area contributed by atoms with Crippen LogP contribution in [0.3, 0.4) is 0 Å². The molecule has 4 aromatic rings. The van der Waals surface area contributed by atoms with E-state index in [2.05, 4.69) is 20.8 Å². The van der Waals surface area contributed by atoms with Gasteiger partial charge in [0.25, 0.3) is 5.91 Å². The van der Waals surface area contributed by atoms with Crippen LogP contribution in [0.15, 0.2) is 71.6 Å². The Kier molecular flexibility index (Phi) is 7.11. The van der Waals surface area contributed by atoms with Crippen molar-refractivity contribution in [2.75, 3.05) is 4.90 Å². The first-order valence-corrected chi connectivity index (χ1v) is 12.6. The lowest BCUT2D eigenvalue weighted by molar-refractivity contribution is -0.123. The lowest BCUT2D eigenvalue weighted by Gasteiger charge is -2.33. The molecule has 2 amide bonds. The third-order valence-electron chi connectivity index (χ3n) is 6.86. The van der Waals surface area contributed by atoms with E-state index in [-0.39, 0.29) is 17.7 Å². The average Bonchev–Trinajstić information content (AvgIpc) is 3.63. The smallest absolute Gasteiger partial charge is 0.294 e. The summed E-state index contributed by atoms with van der Waals surface area (Å²) in [6.07, 6.45) is 8.22. The van der Waals surface area contributed by atoms with Gasteiger partial charge in [-0.1, -0.05) is 49.1 Å². The van der Waals surface area contributed by atoms with Gasteiger partial charge in [0.2, 0.25) is 5.91 Å². The second-order valence-electron chi connectivity index (χ2n) is 9.53. The molecule has 1 saturated carbocycles. The fourth-order valence-corrected chi connectivity index (χ4v) is 4.91. The van der Waals surface area contributed by atoms with Crippen LogP contribution in [0.4, 0.5) is 5.69 Å². The number of amides is 2. The fourth-order valence-electron chi connectivity index (χ4n) is 4.91. The highest BCUT2D eigenvalue weighted by atomic mass is 16.3. The van der Waals surface area contributed by atoms with E-state index >= 15 is 0 Å². The number of carbonyl (C=O) groups excluding carboxylic acids is 2. The van der Waals surface area contributed by atoms with E-state index in [9.17, 15) is 9.59 Å². The Hall–Kier alpha value is -4.27. The molecule has 0 saturated heterocycles. The van der Waals surface area contributed by atoms with Crippen LogP contribution in [0.1, 0.15) is 65.4 Å². The van der Waals surface area contributed by atoms with Gasteiger partial charge >= 0.3 is 0 Å². The molecule has 9 heteroatoms. The minimum Gasteiger partial charge on any atom is -0.459 e. The molecular formula is C28H30N6O3. The molecule has 1 aliphatic carbocycles. The van der Waals surface area contributed by atoms with Gasteiger partial charge in [-0.15, -0.1) is 5.10 Å². The molecule has 190 valence electrons. The zero-order valence-corrected chi connectivity index (χ0v) is 21.0. The first-order valence-electron chi connectivity index (χ1n) is 12.6. The van der Waals surface area contributed by atoms with Crippen LogP contribution in [0.5, 0.6) is 0 Å². The molecule has 1 fully saturated rings. The molecule has 2 aromatic carbocycles. The summed E-state index contributed by atoms with van der Waals surface area (Å²) in [6, 6.07) is 15.7. The van der Waals surface area contributed by atoms with E-state index < -0.39 is 11.9 Å². The van der Waals surface area contributed by atoms with Crippen LogP contribution < -0.4 is 10.2 Å². The highest BCUT2D eigenvalue weighted by molar-refractivity contribution is 6.08. The third kappa shape index (κ3) is 5.30. The van der Waals surface area contributed by atoms with Crippen molar-refractivity contribution in [1.29, 1.82) is 0 Å². The van der Waals surface area contributed by atoms with Crippen LogP contribution in [-0.4, -0.2) is 38.1 Å². The highest BCUT2D eigenvalue weighted by Crippen LogP contribution is 2.32. The second-order valence-corrected chi connectivity index (χ2v) is 9.53. The number of hydrogen-bond donors (Lipinski definition) is 1. The minimum absolute atomic E-state index is 0.0960. The third-order valence-corrected chi connectivity index (χ3v) is 6.86. The van der Waals surface area contributed by atoms with Crippen molar-refractivity contribution in [3.8, 4) is 5.69 Å². The van der Waals surface area contributed by atoms with Crippen molar-refractivity contribution in [1.82, 2.24) is 25.5 Å². The van der Waals surface area contributed by atoms with Gasteiger partial charge in [-0.3, -0.25) is 14.5 Å². The van der Waals surface area contributed by atoms with Gasteiger partial charge in [0, 0.05) is 11.7 Å². The largest absolute Gasteiger partial charge is 0.459 e. The number of nitrogens with one attached hydrogen (secondary N) is 1. The number of nitrogens with zero attached hydrogens (tertiary/aromatic N) is 5. The normalized spacial score (nSPS) is 14.8. The Morgan fingerprint density at radius 2 is 1.84 bits per heavy atom. The Balaban J connectivity index is 1.60. The summed E-state index contributed by atoms with van der Waals surface area (Å²) in [4.78, 5) is 29.4. The predicted molar refractivity (Wildman–Crippen MR) is 138 cm³/mol. The molecule has 9 nitrogen and oxygen atoms in total. The summed E-state index contributed by atoms with van der Waals surface area (Å²) in [6.45, 7) is 3.91. The van der Waals surface area contributed by atoms with Crippen molar-refractivity contribution < 1.29 is 14.0 Å². The Morgan fingerprint density at radius 1 is 1.05 bits per heavy atom. The maximum atomic E-state index is 14.0. The molecule has 0 aliphatic heterocycles. The molecule has 1 aliphatic rings. The summed E-state index contributed by atoms with van der Waals surface area (Å²) in [5, 5.41) is 14.6. The monoisotopic (exact) mass is 498 g/mol. The van der Waals surface area contributed by atoms with Crippen LogP contribution in [0.25, 0.3) is 5.69 Å². The van der Waals surface area contributed by atoms with Crippen LogP contribution in [0.2, 0.25) is 0 Å². The van der Waals surface area contributed by atoms with Crippen LogP contribution >= 0.6 is 0 Å². The summed E-state index contributed by atoms with van der Waals surface area (Å²) < 4.78 is 7.05. The lowest BCUT2D eigenvalue weighted by Crippen LogP contribution is -2.47. The molecule has 0 bridgehead atoms. The van der Waals surface area contributed by atoms with Gasteiger partial charge in [-0.05, 0) is 78.6 Å². The van der Waals surface area contributed by atoms with Crippen molar-refractivity contribution in [2.24, 2.45) is 0 Å². The molecule has 0 radical (unpaired) electrons. The van der Waals surface area contributed by atoms with Gasteiger partial charge in [0.15, 0.2) is 5.76 Å². The fraction of sp³-hybridized carbons (Fsp3) is 0.321. The maximum Gasteiger partial charge on any atom is 0.294 e. The van der Waals surface area contributed by atoms with E-state index in [4.69, 9.17) is 4.42 Å². The molecule has 0 unspecified atom stereocenters. The summed E-state index contributed by atoms with van der Waals surface area (Å²) in [5.41, 5.74) is 3.98. The van der Waals surface area contributed by atoms with Crippen molar-refractivity contribution >= 4 is 17.5 Å². The number of aromatic nitrogens is 4. The summed E-state index contributed by atoms with van der Waals surface area (Å²) in [5.74, 6) is -0.452. The molecule has 2 aromatic heterocycles. The van der Waals surface area contributed by atoms with E-state index in [1.165, 1.54) is 23.9 Å². The number of hydrogen-bond acceptors (Lipinski definition) is 6. The van der Waals surface area contributed by atoms with Crippen LogP contribution in [0, 0.1) is 13.8 Å². The molecule has 1 N–H and O–H groups in total. The summed E-state index contributed by atoms with van der Waals surface area (Å²) in [7, 11) is 0. The lowest BCUT2D eigenvalue weighted by atomic mass is 9.94. The number of anilines is 1. The maximum absolute atomic E-state index is 14.0. The quantitative estimate of drug-likeness (QED) is 0.396. The van der Waals surface area contributed by atoms with E-state index in [0.29, 0.717) is 5.69 Å². The Labute approximate surface area is 215 Å². The topological polar surface area (TPSA) is 106 Å². The highest BCUT2D eigenvalue weighted by Gasteiger charge is 2.35. The molecule has 0 spiro atoms. The molecule has 37 heavy (non-hydrogen) atoms. The number of carbonyl (C=O) groups is 2. The minimum atomic E-state index is -0.890. The number of rotatable bonds is 7. The first-order chi connectivity index (χ1) is 18.0. The summed E-state index contributed by atoms with van der Waals surface area (Å²) >= 11 is 0. The zero-order chi connectivity index (χ0) is 25.8. The SMILES string of the molecule is Cc1ccc([C@@H](C(=O)NC2CCCCC2)N(C(=O)c2ccco2)c2ccc(-n3cnnn3)c(C)c2)cc1. The van der Waals surface area contributed by atoms with E-state index in [1.54, 1.807) is 22.9 Å². The van der Waals surface area contributed by atoms with Crippen molar-refractivity contribution in [2.45, 2.75) is 58.0 Å². The van der Waals surface area contributed by atoms with Crippen LogP contribution in [-0.2, 0) is 4.79 Å². The first kappa shape index (κ1) is 24.4. The van der Waals surface area contributed by atoms with E-state index in [0.717, 1.165) is 48.1 Å². The van der Waals surface area contributed by atoms with E-state index in [1.807, 2.05) is 50.2 Å². The molecular weight excluding hydrogens is 468 g/mol. The van der Waals surface area contributed by atoms with Gasteiger partial charge in [0.05, 0.1) is 12.0 Å². The zero-order valence-electron chi connectivity index (χ0n) is 21.0. The van der Waals surface area contributed by atoms with Gasteiger partial charge < -0.3 is 9.73 Å². The molecule has 1 atom stereocenters. The average molecular weight is 499 g/mol. The van der Waals surface area contributed by atoms with Gasteiger partial charge in [-0.2, -0.15) is 0 Å².